The van der Waals surface area contributed by atoms with E-state index in [0.29, 0.717) is 5.56 Å². The third-order valence-electron chi connectivity index (χ3n) is 2.45. The Labute approximate surface area is 132 Å². The molecule has 1 nitrogen and oxygen atoms in total. The van der Waals surface area contributed by atoms with Crippen molar-refractivity contribution in [1.82, 2.24) is 4.98 Å². The van der Waals surface area contributed by atoms with Crippen molar-refractivity contribution < 1.29 is 13.2 Å². The van der Waals surface area contributed by atoms with Gasteiger partial charge < -0.3 is 0 Å². The molecule has 0 saturated carbocycles. The summed E-state index contributed by atoms with van der Waals surface area (Å²) >= 11 is 23.3. The van der Waals surface area contributed by atoms with Crippen LogP contribution in [0.5, 0.6) is 0 Å². The first-order chi connectivity index (χ1) is 9.21. The molecule has 20 heavy (non-hydrogen) atoms. The zero-order valence-electron chi connectivity index (χ0n) is 9.40. The van der Waals surface area contributed by atoms with Gasteiger partial charge in [-0.25, -0.2) is 0 Å². The molecule has 0 spiro atoms. The first-order valence-electron chi connectivity index (χ1n) is 5.08. The van der Waals surface area contributed by atoms with Gasteiger partial charge in [-0.05, 0) is 23.8 Å². The maximum Gasteiger partial charge on any atom is 0.434 e. The van der Waals surface area contributed by atoms with Crippen LogP contribution in [0.25, 0.3) is 11.1 Å². The Bertz CT molecular complexity index is 647. The number of alkyl halides is 3. The lowest BCUT2D eigenvalue weighted by atomic mass is 10.1. The topological polar surface area (TPSA) is 12.9 Å². The summed E-state index contributed by atoms with van der Waals surface area (Å²) in [6.45, 7) is 0. The minimum atomic E-state index is -4.65. The molecule has 0 aliphatic rings. The standard InChI is InChI=1S/C12H4Cl4F3N/c13-7-3-5(4-8(14)10(7)16)6-1-2-20-11(9(6)15)12(17,18)19/h1-4H. The highest BCUT2D eigenvalue weighted by molar-refractivity contribution is 6.48. The molecule has 0 N–H and O–H groups in total. The highest BCUT2D eigenvalue weighted by Gasteiger charge is 2.36. The van der Waals surface area contributed by atoms with Crippen LogP contribution in [-0.2, 0) is 6.18 Å². The molecule has 2 rings (SSSR count). The molecule has 2 aromatic rings. The first-order valence-corrected chi connectivity index (χ1v) is 6.59. The van der Waals surface area contributed by atoms with Gasteiger partial charge in [-0.15, -0.1) is 0 Å². The number of rotatable bonds is 1. The monoisotopic (exact) mass is 359 g/mol. The summed E-state index contributed by atoms with van der Waals surface area (Å²) in [5, 5.41) is -0.154. The SMILES string of the molecule is FC(F)(F)c1nccc(-c2cc(Cl)c(Cl)c(Cl)c2)c1Cl. The van der Waals surface area contributed by atoms with Gasteiger partial charge >= 0.3 is 6.18 Å². The lowest BCUT2D eigenvalue weighted by Gasteiger charge is -2.12. The Morgan fingerprint density at radius 2 is 1.45 bits per heavy atom. The van der Waals surface area contributed by atoms with Crippen molar-refractivity contribution in [2.24, 2.45) is 0 Å². The zero-order valence-corrected chi connectivity index (χ0v) is 12.4. The third kappa shape index (κ3) is 2.98. The molecule has 1 aromatic carbocycles. The van der Waals surface area contributed by atoms with Crippen LogP contribution in [0.4, 0.5) is 13.2 Å². The second kappa shape index (κ2) is 5.60. The van der Waals surface area contributed by atoms with Crippen molar-refractivity contribution in [1.29, 1.82) is 0 Å². The molecule has 0 radical (unpaired) electrons. The summed E-state index contributed by atoms with van der Waals surface area (Å²) in [5.74, 6) is 0. The fraction of sp³-hybridized carbons (Fsp3) is 0.0833. The van der Waals surface area contributed by atoms with Crippen LogP contribution in [-0.4, -0.2) is 4.98 Å². The van der Waals surface area contributed by atoms with Gasteiger partial charge in [0.05, 0.1) is 20.1 Å². The van der Waals surface area contributed by atoms with Gasteiger partial charge in [-0.3, -0.25) is 4.98 Å². The van der Waals surface area contributed by atoms with Crippen molar-refractivity contribution >= 4 is 46.4 Å². The number of aromatic nitrogens is 1. The highest BCUT2D eigenvalue weighted by atomic mass is 35.5. The van der Waals surface area contributed by atoms with Crippen molar-refractivity contribution in [2.45, 2.75) is 6.18 Å². The van der Waals surface area contributed by atoms with Crippen LogP contribution in [0, 0.1) is 0 Å². The molecule has 0 bridgehead atoms. The Morgan fingerprint density at radius 3 is 1.95 bits per heavy atom. The van der Waals surface area contributed by atoms with E-state index in [1.54, 1.807) is 0 Å². The number of hydrogen-bond donors (Lipinski definition) is 0. The smallest absolute Gasteiger partial charge is 0.250 e. The fourth-order valence-electron chi connectivity index (χ4n) is 1.58. The van der Waals surface area contributed by atoms with Crippen LogP contribution >= 0.6 is 46.4 Å². The molecule has 0 atom stereocenters. The average molecular weight is 361 g/mol. The van der Waals surface area contributed by atoms with Crippen LogP contribution < -0.4 is 0 Å². The van der Waals surface area contributed by atoms with Crippen molar-refractivity contribution in [3.05, 3.63) is 50.2 Å². The Kier molecular flexibility index (Phi) is 4.40. The highest BCUT2D eigenvalue weighted by Crippen LogP contribution is 2.41. The summed E-state index contributed by atoms with van der Waals surface area (Å²) in [5.41, 5.74) is -0.726. The van der Waals surface area contributed by atoms with E-state index in [1.807, 2.05) is 0 Å². The molecular weight excluding hydrogens is 357 g/mol. The van der Waals surface area contributed by atoms with E-state index >= 15 is 0 Å². The molecule has 0 aliphatic heterocycles. The summed E-state index contributed by atoms with van der Waals surface area (Å²) in [7, 11) is 0. The molecule has 8 heteroatoms. The maximum atomic E-state index is 12.7. The largest absolute Gasteiger partial charge is 0.434 e. The third-order valence-corrected chi connectivity index (χ3v) is 4.03. The van der Waals surface area contributed by atoms with Gasteiger partial charge in [0.25, 0.3) is 0 Å². The molecule has 1 aromatic heterocycles. The number of benzene rings is 1. The number of hydrogen-bond acceptors (Lipinski definition) is 1. The minimum absolute atomic E-state index is 0.120. The molecule has 0 amide bonds. The normalized spacial score (nSPS) is 11.8. The average Bonchev–Trinajstić information content (AvgIpc) is 2.34. The number of pyridine rings is 1. The molecule has 0 fully saturated rings. The van der Waals surface area contributed by atoms with Crippen molar-refractivity contribution in [3.8, 4) is 11.1 Å². The van der Waals surface area contributed by atoms with E-state index in [-0.39, 0.29) is 20.6 Å². The Morgan fingerprint density at radius 1 is 0.900 bits per heavy atom. The van der Waals surface area contributed by atoms with E-state index in [4.69, 9.17) is 46.4 Å². The predicted molar refractivity (Wildman–Crippen MR) is 74.7 cm³/mol. The van der Waals surface area contributed by atoms with Gasteiger partial charge in [-0.2, -0.15) is 13.2 Å². The molecule has 0 saturated heterocycles. The molecule has 0 aliphatic carbocycles. The first kappa shape index (κ1) is 15.7. The van der Waals surface area contributed by atoms with Gasteiger partial charge in [0.1, 0.15) is 0 Å². The minimum Gasteiger partial charge on any atom is -0.250 e. The summed E-state index contributed by atoms with van der Waals surface area (Å²) in [4.78, 5) is 3.25. The van der Waals surface area contributed by atoms with Gasteiger partial charge in [0.15, 0.2) is 5.69 Å². The zero-order chi connectivity index (χ0) is 15.1. The quantitative estimate of drug-likeness (QED) is 0.537. The summed E-state index contributed by atoms with van der Waals surface area (Å²) < 4.78 is 38.2. The second-order valence-electron chi connectivity index (χ2n) is 3.77. The van der Waals surface area contributed by atoms with Crippen LogP contribution in [0.2, 0.25) is 20.1 Å². The fourth-order valence-corrected chi connectivity index (χ4v) is 2.50. The van der Waals surface area contributed by atoms with E-state index in [9.17, 15) is 13.2 Å². The number of nitrogens with zero attached hydrogens (tertiary/aromatic N) is 1. The Balaban J connectivity index is 2.66. The van der Waals surface area contributed by atoms with Gasteiger partial charge in [0, 0.05) is 11.8 Å². The molecule has 1 heterocycles. The van der Waals surface area contributed by atoms with Crippen molar-refractivity contribution in [3.63, 3.8) is 0 Å². The van der Waals surface area contributed by atoms with Crippen LogP contribution in [0.3, 0.4) is 0 Å². The van der Waals surface area contributed by atoms with Crippen LogP contribution in [0.1, 0.15) is 5.69 Å². The van der Waals surface area contributed by atoms with E-state index in [2.05, 4.69) is 4.98 Å². The summed E-state index contributed by atoms with van der Waals surface area (Å²) in [6, 6.07) is 4.11. The van der Waals surface area contributed by atoms with Gasteiger partial charge in [-0.1, -0.05) is 46.4 Å². The lowest BCUT2D eigenvalue weighted by molar-refractivity contribution is -0.141. The molecular formula is C12H4Cl4F3N. The van der Waals surface area contributed by atoms with E-state index < -0.39 is 16.9 Å². The van der Waals surface area contributed by atoms with E-state index in [1.165, 1.54) is 18.2 Å². The molecule has 106 valence electrons. The predicted octanol–water partition coefficient (Wildman–Crippen LogP) is 6.38. The van der Waals surface area contributed by atoms with Crippen molar-refractivity contribution in [2.75, 3.05) is 0 Å². The maximum absolute atomic E-state index is 12.7. The lowest BCUT2D eigenvalue weighted by Crippen LogP contribution is -2.09. The van der Waals surface area contributed by atoms with E-state index in [0.717, 1.165) is 6.20 Å². The van der Waals surface area contributed by atoms with Gasteiger partial charge in [0.2, 0.25) is 0 Å². The number of halogens is 7. The summed E-state index contributed by atoms with van der Waals surface area (Å²) in [6.07, 6.45) is -3.63. The second-order valence-corrected chi connectivity index (χ2v) is 5.34. The Hall–Kier alpha value is -0.680. The molecule has 0 unspecified atom stereocenters. The van der Waals surface area contributed by atoms with Crippen LogP contribution in [0.15, 0.2) is 24.4 Å².